The molecule has 0 amide bonds. The van der Waals surface area contributed by atoms with Gasteiger partial charge in [0.1, 0.15) is 22.3 Å². The van der Waals surface area contributed by atoms with Crippen LogP contribution in [0.3, 0.4) is 0 Å². The van der Waals surface area contributed by atoms with Crippen LogP contribution in [-0.2, 0) is 27.6 Å². The van der Waals surface area contributed by atoms with E-state index in [1.807, 2.05) is 0 Å². The smallest absolute Gasteiger partial charge is 0.357 e. The predicted octanol–water partition coefficient (Wildman–Crippen LogP) is 6.45. The van der Waals surface area contributed by atoms with Crippen molar-refractivity contribution in [2.45, 2.75) is 37.5 Å². The van der Waals surface area contributed by atoms with Crippen molar-refractivity contribution < 1.29 is 31.1 Å². The number of thiazole rings is 1. The lowest BCUT2D eigenvalue weighted by Gasteiger charge is -2.11. The molecule has 1 fully saturated rings. The van der Waals surface area contributed by atoms with Crippen LogP contribution in [0, 0.1) is 23.4 Å². The molecule has 0 bridgehead atoms. The number of aromatic nitrogens is 3. The molecule has 5 aromatic rings. The van der Waals surface area contributed by atoms with Crippen molar-refractivity contribution in [1.82, 2.24) is 14.8 Å². The third-order valence-electron chi connectivity index (χ3n) is 7.49. The van der Waals surface area contributed by atoms with E-state index in [1.165, 1.54) is 41.7 Å². The summed E-state index contributed by atoms with van der Waals surface area (Å²) < 4.78 is 74.5. The van der Waals surface area contributed by atoms with E-state index in [9.17, 15) is 22.0 Å². The van der Waals surface area contributed by atoms with Crippen molar-refractivity contribution >= 4 is 27.3 Å². The van der Waals surface area contributed by atoms with E-state index in [0.717, 1.165) is 30.7 Å². The monoisotopic (exact) mass is 652 g/mol. The van der Waals surface area contributed by atoms with Crippen LogP contribution in [0.1, 0.15) is 47.1 Å². The minimum absolute atomic E-state index is 0.128. The van der Waals surface area contributed by atoms with Gasteiger partial charge in [-0.05, 0) is 85.7 Å². The highest BCUT2D eigenvalue weighted by molar-refractivity contribution is 7.89. The van der Waals surface area contributed by atoms with Gasteiger partial charge in [0.15, 0.2) is 5.69 Å². The second-order valence-corrected chi connectivity index (χ2v) is 13.1. The quantitative estimate of drug-likeness (QED) is 0.174. The van der Waals surface area contributed by atoms with Crippen molar-refractivity contribution in [1.29, 1.82) is 0 Å². The van der Waals surface area contributed by atoms with Crippen LogP contribution in [-0.4, -0.2) is 35.8 Å². The summed E-state index contributed by atoms with van der Waals surface area (Å²) in [6, 6.07) is 13.8. The lowest BCUT2D eigenvalue weighted by atomic mass is 9.95. The minimum Gasteiger partial charge on any atom is -0.461 e. The summed E-state index contributed by atoms with van der Waals surface area (Å²) in [5.74, 6) is -2.25. The second-order valence-electron chi connectivity index (χ2n) is 10.8. The number of hydrogen-bond acceptors (Lipinski definition) is 7. The number of esters is 1. The Hall–Kier alpha value is -4.33. The topological polar surface area (TPSA) is 117 Å². The Morgan fingerprint density at radius 2 is 1.84 bits per heavy atom. The predicted molar refractivity (Wildman–Crippen MR) is 163 cm³/mol. The summed E-state index contributed by atoms with van der Waals surface area (Å²) in [6.07, 6.45) is 2.75. The van der Waals surface area contributed by atoms with E-state index < -0.39 is 38.3 Å². The van der Waals surface area contributed by atoms with Crippen molar-refractivity contribution in [2.75, 3.05) is 6.61 Å². The number of sulfonamides is 1. The first kappa shape index (κ1) is 30.7. The molecule has 232 valence electrons. The molecular weight excluding hydrogens is 626 g/mol. The molecule has 1 saturated carbocycles. The molecule has 0 unspecified atom stereocenters. The molecule has 8 nitrogen and oxygen atoms in total. The van der Waals surface area contributed by atoms with E-state index in [-0.39, 0.29) is 24.3 Å². The molecule has 0 spiro atoms. The van der Waals surface area contributed by atoms with Crippen LogP contribution in [0.5, 0.6) is 0 Å². The van der Waals surface area contributed by atoms with Gasteiger partial charge >= 0.3 is 5.97 Å². The Morgan fingerprint density at radius 3 is 2.53 bits per heavy atom. The van der Waals surface area contributed by atoms with Gasteiger partial charge in [-0.25, -0.2) is 41.2 Å². The van der Waals surface area contributed by atoms with E-state index >= 15 is 4.39 Å². The van der Waals surface area contributed by atoms with Crippen molar-refractivity contribution in [2.24, 2.45) is 11.1 Å². The molecule has 2 aromatic heterocycles. The van der Waals surface area contributed by atoms with Gasteiger partial charge in [-0.2, -0.15) is 5.10 Å². The number of rotatable bonds is 10. The molecule has 0 saturated heterocycles. The van der Waals surface area contributed by atoms with Crippen LogP contribution in [0.25, 0.3) is 27.5 Å². The summed E-state index contributed by atoms with van der Waals surface area (Å²) in [7, 11) is -4.27. The Balaban J connectivity index is 1.53. The van der Waals surface area contributed by atoms with Crippen molar-refractivity contribution in [3.8, 4) is 27.5 Å². The van der Waals surface area contributed by atoms with Crippen LogP contribution in [0.2, 0.25) is 0 Å². The Labute approximate surface area is 261 Å². The van der Waals surface area contributed by atoms with Crippen LogP contribution in [0.15, 0.2) is 70.9 Å². The number of ether oxygens (including phenoxy) is 1. The van der Waals surface area contributed by atoms with E-state index in [0.29, 0.717) is 45.4 Å². The average molecular weight is 653 g/mol. The SMILES string of the molecule is CCOC(=O)c1csc(-n2nc(-c3ccc(F)c(-c4cccc(F)c4)c3)c(Cc3ccc(S(N)(=O)=O)c(F)c3)c2CC2CC2)n1. The minimum atomic E-state index is -4.27. The molecule has 2 N–H and O–H groups in total. The molecule has 6 rings (SSSR count). The van der Waals surface area contributed by atoms with Gasteiger partial charge < -0.3 is 4.74 Å². The maximum atomic E-state index is 15.1. The first-order valence-electron chi connectivity index (χ1n) is 14.1. The first-order valence-corrected chi connectivity index (χ1v) is 16.5. The average Bonchev–Trinajstić information content (AvgIpc) is 3.55. The van der Waals surface area contributed by atoms with Gasteiger partial charge in [-0.15, -0.1) is 11.3 Å². The maximum Gasteiger partial charge on any atom is 0.357 e. The molecular formula is C32H27F3N4O4S2. The fourth-order valence-electron chi connectivity index (χ4n) is 5.17. The number of nitrogens with zero attached hydrogens (tertiary/aromatic N) is 3. The zero-order chi connectivity index (χ0) is 31.9. The number of benzene rings is 3. The van der Waals surface area contributed by atoms with Crippen molar-refractivity contribution in [3.63, 3.8) is 0 Å². The first-order chi connectivity index (χ1) is 21.5. The molecule has 1 aliphatic rings. The van der Waals surface area contributed by atoms with Gasteiger partial charge in [-0.3, -0.25) is 0 Å². The van der Waals surface area contributed by atoms with E-state index in [4.69, 9.17) is 15.0 Å². The fourth-order valence-corrected chi connectivity index (χ4v) is 6.52. The number of primary sulfonamides is 1. The standard InChI is InChI=1S/C32H27F3N4O4S2/c1-2-43-31(40)27-17-44-32(37-27)39-28(14-18-6-7-18)24(12-19-8-11-29(26(35)13-19)45(36,41)42)30(38-39)21-9-10-25(34)23(16-21)20-4-3-5-22(33)15-20/h3-5,8-11,13,15-18H,2,6-7,12,14H2,1H3,(H2,36,41,42). The highest BCUT2D eigenvalue weighted by atomic mass is 32.2. The summed E-state index contributed by atoms with van der Waals surface area (Å²) in [4.78, 5) is 16.3. The summed E-state index contributed by atoms with van der Waals surface area (Å²) in [5.41, 5.74) is 3.52. The Kier molecular flexibility index (Phi) is 8.33. The van der Waals surface area contributed by atoms with Crippen LogP contribution >= 0.6 is 11.3 Å². The van der Waals surface area contributed by atoms with Gasteiger partial charge in [0.25, 0.3) is 0 Å². The van der Waals surface area contributed by atoms with Gasteiger partial charge in [-0.1, -0.05) is 18.2 Å². The third-order valence-corrected chi connectivity index (χ3v) is 9.25. The van der Waals surface area contributed by atoms with Gasteiger partial charge in [0.05, 0.1) is 18.0 Å². The van der Waals surface area contributed by atoms with Gasteiger partial charge in [0, 0.05) is 28.5 Å². The summed E-state index contributed by atoms with van der Waals surface area (Å²) >= 11 is 1.20. The highest BCUT2D eigenvalue weighted by Crippen LogP contribution is 2.39. The zero-order valence-electron chi connectivity index (χ0n) is 24.0. The van der Waals surface area contributed by atoms with Gasteiger partial charge in [0.2, 0.25) is 15.2 Å². The number of carbonyl (C=O) groups is 1. The largest absolute Gasteiger partial charge is 0.461 e. The summed E-state index contributed by atoms with van der Waals surface area (Å²) in [6.45, 7) is 1.89. The third kappa shape index (κ3) is 6.56. The fraction of sp³-hybridized carbons (Fsp3) is 0.219. The Morgan fingerprint density at radius 1 is 1.04 bits per heavy atom. The van der Waals surface area contributed by atoms with Crippen molar-refractivity contribution in [3.05, 3.63) is 106 Å². The van der Waals surface area contributed by atoms with E-state index in [2.05, 4.69) is 4.98 Å². The Bertz CT molecular complexity index is 2040. The highest BCUT2D eigenvalue weighted by Gasteiger charge is 2.30. The molecule has 13 heteroatoms. The zero-order valence-corrected chi connectivity index (χ0v) is 25.6. The molecule has 0 radical (unpaired) electrons. The molecule has 1 aliphatic carbocycles. The molecule has 3 aromatic carbocycles. The lowest BCUT2D eigenvalue weighted by Crippen LogP contribution is -2.14. The molecule has 45 heavy (non-hydrogen) atoms. The molecule has 0 atom stereocenters. The molecule has 0 aliphatic heterocycles. The van der Waals surface area contributed by atoms with Crippen LogP contribution in [0.4, 0.5) is 13.2 Å². The number of nitrogens with two attached hydrogens (primary N) is 1. The normalized spacial score (nSPS) is 13.3. The maximum absolute atomic E-state index is 15.1. The number of carbonyl (C=O) groups excluding carboxylic acids is 1. The van der Waals surface area contributed by atoms with Crippen LogP contribution < -0.4 is 5.14 Å². The number of halogens is 3. The second kappa shape index (κ2) is 12.2. The summed E-state index contributed by atoms with van der Waals surface area (Å²) in [5, 5.41) is 12.1. The van der Waals surface area contributed by atoms with E-state index in [1.54, 1.807) is 35.2 Å². The molecule has 2 heterocycles. The number of hydrogen-bond donors (Lipinski definition) is 1. The lowest BCUT2D eigenvalue weighted by molar-refractivity contribution is 0.0520.